The Hall–Kier alpha value is -1.19. The zero-order chi connectivity index (χ0) is 12.8. The maximum absolute atomic E-state index is 12.6. The van der Waals surface area contributed by atoms with Gasteiger partial charge in [-0.1, -0.05) is 19.6 Å². The number of allylic oxidation sites excluding steroid dienone is 1. The van der Waals surface area contributed by atoms with Crippen molar-refractivity contribution < 1.29 is 13.6 Å². The molecule has 0 saturated carbocycles. The van der Waals surface area contributed by atoms with Crippen LogP contribution in [0, 0.1) is 5.92 Å². The molecule has 0 radical (unpaired) electrons. The summed E-state index contributed by atoms with van der Waals surface area (Å²) < 4.78 is 25.2. The molecule has 0 fully saturated rings. The van der Waals surface area contributed by atoms with Crippen molar-refractivity contribution in [2.24, 2.45) is 5.92 Å². The highest BCUT2D eigenvalue weighted by Gasteiger charge is 2.24. The number of hydrogen-bond donors (Lipinski definition) is 1. The van der Waals surface area contributed by atoms with Gasteiger partial charge in [-0.25, -0.2) is 8.78 Å². The van der Waals surface area contributed by atoms with Crippen LogP contribution in [0.3, 0.4) is 0 Å². The molecule has 0 rings (SSSR count). The molecule has 1 unspecified atom stereocenters. The summed E-state index contributed by atoms with van der Waals surface area (Å²) in [5.74, 6) is -3.37. The molecule has 0 heterocycles. The van der Waals surface area contributed by atoms with Crippen LogP contribution < -0.4 is 5.32 Å². The maximum Gasteiger partial charge on any atom is 0.245 e. The van der Waals surface area contributed by atoms with Gasteiger partial charge in [-0.15, -0.1) is 6.58 Å². The Morgan fingerprint density at radius 3 is 2.56 bits per heavy atom. The van der Waals surface area contributed by atoms with Gasteiger partial charge in [0, 0.05) is 18.9 Å². The fourth-order valence-electron chi connectivity index (χ4n) is 1.18. The van der Waals surface area contributed by atoms with E-state index in [-0.39, 0.29) is 24.3 Å². The molecule has 2 nitrogen and oxygen atoms in total. The van der Waals surface area contributed by atoms with Gasteiger partial charge in [-0.3, -0.25) is 4.79 Å². The molecule has 4 heteroatoms. The number of rotatable bonds is 8. The lowest BCUT2D eigenvalue weighted by molar-refractivity contribution is -0.119. The van der Waals surface area contributed by atoms with Crippen molar-refractivity contribution >= 4 is 5.78 Å². The third-order valence-electron chi connectivity index (χ3n) is 2.22. The summed E-state index contributed by atoms with van der Waals surface area (Å²) in [4.78, 5) is 11.6. The summed E-state index contributed by atoms with van der Waals surface area (Å²) in [7, 11) is 0. The Morgan fingerprint density at radius 1 is 1.56 bits per heavy atom. The molecule has 0 aliphatic rings. The minimum absolute atomic E-state index is 0.164. The highest BCUT2D eigenvalue weighted by atomic mass is 19.3. The van der Waals surface area contributed by atoms with E-state index in [1.807, 2.05) is 0 Å². The zero-order valence-electron chi connectivity index (χ0n) is 9.85. The molecule has 0 saturated heterocycles. The highest BCUT2D eigenvalue weighted by Crippen LogP contribution is 2.22. The molecule has 0 aliphatic carbocycles. The SMILES string of the molecule is C=CCNC(=C)C(=O)C(C)CCC(C)(F)F. The first-order valence-corrected chi connectivity index (χ1v) is 5.23. The number of carbonyl (C=O) groups excluding carboxylic acids is 1. The van der Waals surface area contributed by atoms with Crippen molar-refractivity contribution in [1.82, 2.24) is 5.32 Å². The van der Waals surface area contributed by atoms with Gasteiger partial charge in [0.1, 0.15) is 0 Å². The Morgan fingerprint density at radius 2 is 2.12 bits per heavy atom. The molecule has 92 valence electrons. The Kier molecular flexibility index (Phi) is 5.93. The van der Waals surface area contributed by atoms with Crippen molar-refractivity contribution in [3.8, 4) is 0 Å². The van der Waals surface area contributed by atoms with Crippen molar-refractivity contribution in [1.29, 1.82) is 0 Å². The fourth-order valence-corrected chi connectivity index (χ4v) is 1.18. The van der Waals surface area contributed by atoms with Gasteiger partial charge < -0.3 is 5.32 Å². The molecule has 0 aromatic rings. The van der Waals surface area contributed by atoms with E-state index >= 15 is 0 Å². The van der Waals surface area contributed by atoms with Gasteiger partial charge in [0.25, 0.3) is 0 Å². The van der Waals surface area contributed by atoms with E-state index in [1.54, 1.807) is 13.0 Å². The van der Waals surface area contributed by atoms with Gasteiger partial charge >= 0.3 is 0 Å². The van der Waals surface area contributed by atoms with Crippen molar-refractivity contribution in [3.05, 3.63) is 24.9 Å². The van der Waals surface area contributed by atoms with E-state index in [1.165, 1.54) is 0 Å². The summed E-state index contributed by atoms with van der Waals surface area (Å²) in [6.45, 7) is 9.99. The number of nitrogens with one attached hydrogen (secondary N) is 1. The van der Waals surface area contributed by atoms with Crippen LogP contribution >= 0.6 is 0 Å². The summed E-state index contributed by atoms with van der Waals surface area (Å²) in [5.41, 5.74) is 0.256. The number of halogens is 2. The van der Waals surface area contributed by atoms with Gasteiger partial charge in [0.15, 0.2) is 5.78 Å². The number of ketones is 1. The zero-order valence-corrected chi connectivity index (χ0v) is 9.85. The molecule has 1 atom stereocenters. The second-order valence-corrected chi connectivity index (χ2v) is 4.02. The molecule has 0 aromatic carbocycles. The molecule has 0 bridgehead atoms. The van der Waals surface area contributed by atoms with Crippen LogP contribution in [0.2, 0.25) is 0 Å². The average molecular weight is 231 g/mol. The first kappa shape index (κ1) is 14.8. The minimum Gasteiger partial charge on any atom is -0.379 e. The lowest BCUT2D eigenvalue weighted by Gasteiger charge is -2.15. The van der Waals surface area contributed by atoms with Crippen LogP contribution in [0.4, 0.5) is 8.78 Å². The number of alkyl halides is 2. The number of carbonyl (C=O) groups is 1. The van der Waals surface area contributed by atoms with Gasteiger partial charge in [-0.05, 0) is 13.3 Å². The summed E-state index contributed by atoms with van der Waals surface area (Å²) in [6, 6.07) is 0. The number of Topliss-reactive ketones (excluding diaryl/α,β-unsaturated/α-hetero) is 1. The molecule has 16 heavy (non-hydrogen) atoms. The lowest BCUT2D eigenvalue weighted by Crippen LogP contribution is -2.25. The van der Waals surface area contributed by atoms with E-state index in [0.29, 0.717) is 6.54 Å². The van der Waals surface area contributed by atoms with E-state index in [4.69, 9.17) is 0 Å². The minimum atomic E-state index is -2.72. The standard InChI is InChI=1S/C12H19F2NO/c1-5-8-15-10(3)11(16)9(2)6-7-12(4,13)14/h5,9,15H,1,3,6-8H2,2,4H3. The predicted octanol–water partition coefficient (Wildman–Crippen LogP) is 2.92. The molecule has 0 aliphatic heterocycles. The van der Waals surface area contributed by atoms with Crippen LogP contribution in [0.25, 0.3) is 0 Å². The molecular weight excluding hydrogens is 212 g/mol. The molecule has 0 spiro atoms. The third-order valence-corrected chi connectivity index (χ3v) is 2.22. The Labute approximate surface area is 95.4 Å². The van der Waals surface area contributed by atoms with Crippen LogP contribution in [-0.2, 0) is 4.79 Å². The van der Waals surface area contributed by atoms with E-state index in [0.717, 1.165) is 6.92 Å². The Balaban J connectivity index is 4.08. The summed E-state index contributed by atoms with van der Waals surface area (Å²) in [5, 5.41) is 2.76. The summed E-state index contributed by atoms with van der Waals surface area (Å²) in [6.07, 6.45) is 1.48. The fraction of sp³-hybridized carbons (Fsp3) is 0.583. The summed E-state index contributed by atoms with van der Waals surface area (Å²) >= 11 is 0. The average Bonchev–Trinajstić information content (AvgIpc) is 2.20. The first-order chi connectivity index (χ1) is 7.28. The smallest absolute Gasteiger partial charge is 0.245 e. The maximum atomic E-state index is 12.6. The van der Waals surface area contributed by atoms with Crippen LogP contribution in [-0.4, -0.2) is 18.3 Å². The monoisotopic (exact) mass is 231 g/mol. The van der Waals surface area contributed by atoms with E-state index in [2.05, 4.69) is 18.5 Å². The molecule has 1 N–H and O–H groups in total. The van der Waals surface area contributed by atoms with Crippen LogP contribution in [0.1, 0.15) is 26.7 Å². The van der Waals surface area contributed by atoms with Gasteiger partial charge in [0.05, 0.1) is 5.70 Å². The van der Waals surface area contributed by atoms with Gasteiger partial charge in [-0.2, -0.15) is 0 Å². The van der Waals surface area contributed by atoms with Crippen molar-refractivity contribution in [3.63, 3.8) is 0 Å². The molecule has 0 amide bonds. The van der Waals surface area contributed by atoms with Crippen molar-refractivity contribution in [2.75, 3.05) is 6.54 Å². The van der Waals surface area contributed by atoms with E-state index < -0.39 is 11.8 Å². The third kappa shape index (κ3) is 6.32. The highest BCUT2D eigenvalue weighted by molar-refractivity contribution is 5.95. The van der Waals surface area contributed by atoms with Crippen LogP contribution in [0.15, 0.2) is 24.9 Å². The largest absolute Gasteiger partial charge is 0.379 e. The second kappa shape index (κ2) is 6.40. The second-order valence-electron chi connectivity index (χ2n) is 4.02. The normalized spacial score (nSPS) is 13.0. The van der Waals surface area contributed by atoms with Crippen LogP contribution in [0.5, 0.6) is 0 Å². The van der Waals surface area contributed by atoms with E-state index in [9.17, 15) is 13.6 Å². The Bertz CT molecular complexity index is 269. The lowest BCUT2D eigenvalue weighted by atomic mass is 9.97. The van der Waals surface area contributed by atoms with Gasteiger partial charge in [0.2, 0.25) is 5.92 Å². The number of hydrogen-bond acceptors (Lipinski definition) is 2. The molecule has 0 aromatic heterocycles. The topological polar surface area (TPSA) is 29.1 Å². The predicted molar refractivity (Wildman–Crippen MR) is 61.4 cm³/mol. The molecular formula is C12H19F2NO. The quantitative estimate of drug-likeness (QED) is 0.514. The van der Waals surface area contributed by atoms with Crippen molar-refractivity contribution in [2.45, 2.75) is 32.6 Å². The first-order valence-electron chi connectivity index (χ1n) is 5.23.